The van der Waals surface area contributed by atoms with Crippen molar-refractivity contribution >= 4 is 29.8 Å². The Morgan fingerprint density at radius 3 is 2.17 bits per heavy atom. The van der Waals surface area contributed by atoms with Crippen molar-refractivity contribution in [3.8, 4) is 0 Å². The molecule has 5 aliphatic rings. The topological polar surface area (TPSA) is 207 Å². The van der Waals surface area contributed by atoms with E-state index >= 15 is 4.79 Å². The molecule has 354 valence electrons. The number of aliphatic hydroxyl groups is 3. The van der Waals surface area contributed by atoms with Crippen LogP contribution in [0.3, 0.4) is 0 Å². The van der Waals surface area contributed by atoms with Crippen molar-refractivity contribution in [1.29, 1.82) is 0 Å². The molecule has 11 atom stereocenters. The highest BCUT2D eigenvalue weighted by Gasteiger charge is 2.78. The molecule has 65 heavy (non-hydrogen) atoms. The van der Waals surface area contributed by atoms with Gasteiger partial charge in [0.1, 0.15) is 35.3 Å². The van der Waals surface area contributed by atoms with Gasteiger partial charge in [0, 0.05) is 31.1 Å². The van der Waals surface area contributed by atoms with Gasteiger partial charge in [0.2, 0.25) is 0 Å². The van der Waals surface area contributed by atoms with E-state index in [1.165, 1.54) is 6.92 Å². The van der Waals surface area contributed by atoms with Crippen LogP contribution in [-0.4, -0.2) is 124 Å². The minimum Gasteiger partial charge on any atom is -0.456 e. The molecule has 3 aliphatic carbocycles. The molecule has 1 amide bonds. The Balaban J connectivity index is 1.39. The summed E-state index contributed by atoms with van der Waals surface area (Å²) >= 11 is 0. The number of fused-ring (bicyclic) bond motifs is 5. The molecule has 2 bridgehead atoms. The van der Waals surface area contributed by atoms with Gasteiger partial charge in [-0.25, -0.2) is 14.4 Å². The smallest absolute Gasteiger partial charge is 0.408 e. The molecule has 0 unspecified atom stereocenters. The first kappa shape index (κ1) is 48.3. The van der Waals surface area contributed by atoms with Gasteiger partial charge in [-0.15, -0.1) is 0 Å². The number of ether oxygens (including phenoxy) is 5. The number of benzene rings is 2. The normalized spacial score (nSPS) is 33.1. The lowest BCUT2D eigenvalue weighted by Gasteiger charge is -2.67. The Morgan fingerprint density at radius 2 is 1.58 bits per heavy atom. The highest BCUT2D eigenvalue weighted by molar-refractivity contribution is 5.93. The quantitative estimate of drug-likeness (QED) is 0.127. The number of carbonyl (C=O) groups excluding carboxylic acids is 5. The number of hydrogen-bond acceptors (Lipinski definition) is 14. The van der Waals surface area contributed by atoms with Crippen molar-refractivity contribution in [2.24, 2.45) is 22.7 Å². The summed E-state index contributed by atoms with van der Waals surface area (Å²) in [5.41, 5.74) is -6.51. The summed E-state index contributed by atoms with van der Waals surface area (Å²) in [6, 6.07) is 15.2. The fraction of sp³-hybridized carbons (Fsp3) is 0.620. The molecule has 2 saturated heterocycles. The zero-order chi connectivity index (χ0) is 47.3. The maximum absolute atomic E-state index is 16.0. The summed E-state index contributed by atoms with van der Waals surface area (Å²) in [4.78, 5) is 73.5. The number of likely N-dealkylation sites (tertiary alicyclic amines) is 1. The molecule has 2 heterocycles. The van der Waals surface area contributed by atoms with Gasteiger partial charge >= 0.3 is 24.0 Å². The highest BCUT2D eigenvalue weighted by Crippen LogP contribution is 2.65. The second-order valence-corrected chi connectivity index (χ2v) is 20.4. The van der Waals surface area contributed by atoms with E-state index < -0.39 is 112 Å². The number of Topliss-reactive ketones (excluding diaryl/α,β-unsaturated/α-hetero) is 1. The molecule has 15 heteroatoms. The fourth-order valence-corrected chi connectivity index (χ4v) is 11.6. The van der Waals surface area contributed by atoms with E-state index in [0.29, 0.717) is 23.3 Å². The zero-order valence-corrected chi connectivity index (χ0v) is 38.8. The summed E-state index contributed by atoms with van der Waals surface area (Å²) in [6.07, 6.45) is -5.30. The van der Waals surface area contributed by atoms with E-state index in [0.717, 1.165) is 32.4 Å². The molecular formula is C50H66N2O13. The van der Waals surface area contributed by atoms with Crippen molar-refractivity contribution in [1.82, 2.24) is 10.2 Å². The molecule has 4 N–H and O–H groups in total. The van der Waals surface area contributed by atoms with Gasteiger partial charge in [0.25, 0.3) is 0 Å². The van der Waals surface area contributed by atoms with Crippen LogP contribution in [0.5, 0.6) is 0 Å². The van der Waals surface area contributed by atoms with E-state index in [1.807, 2.05) is 0 Å². The first-order chi connectivity index (χ1) is 30.5. The average molecular weight is 903 g/mol. The monoisotopic (exact) mass is 902 g/mol. The van der Waals surface area contributed by atoms with Gasteiger partial charge in [-0.05, 0) is 102 Å². The van der Waals surface area contributed by atoms with E-state index in [-0.39, 0.29) is 25.0 Å². The molecule has 2 saturated carbocycles. The predicted octanol–water partition coefficient (Wildman–Crippen LogP) is 5.39. The number of nitrogens with one attached hydrogen (secondary N) is 1. The number of hydrogen-bond donors (Lipinski definition) is 4. The molecule has 0 aromatic heterocycles. The molecule has 0 spiro atoms. The maximum atomic E-state index is 16.0. The Labute approximate surface area is 381 Å². The number of ketones is 1. The number of piperidine rings is 1. The lowest BCUT2D eigenvalue weighted by Crippen LogP contribution is -2.81. The number of esters is 3. The summed E-state index contributed by atoms with van der Waals surface area (Å²) in [5, 5.41) is 40.8. The van der Waals surface area contributed by atoms with E-state index in [1.54, 1.807) is 109 Å². The van der Waals surface area contributed by atoms with Crippen molar-refractivity contribution in [2.75, 3.05) is 26.2 Å². The zero-order valence-electron chi connectivity index (χ0n) is 38.8. The minimum absolute atomic E-state index is 0.0674. The predicted molar refractivity (Wildman–Crippen MR) is 236 cm³/mol. The van der Waals surface area contributed by atoms with Crippen LogP contribution in [0.2, 0.25) is 0 Å². The van der Waals surface area contributed by atoms with E-state index in [9.17, 15) is 34.5 Å². The fourth-order valence-electron chi connectivity index (χ4n) is 11.6. The van der Waals surface area contributed by atoms with Crippen LogP contribution in [0.25, 0.3) is 0 Å². The SMILES string of the molecule is CC(=O)O[C@@]12CO[C@@H]1C[C@H](O)[C@@]1(C)C(=O)[C@H](CCN3CCCCC3)C3=C(C)[C@@H](OC(=O)[C@H](O)[C@@H](NC(=O)OC(C)(C)C)c4ccccc4)C[C@@](O)([C@@H](OC(=O)c4ccccc4)[C@H]21)C3(C)C. The van der Waals surface area contributed by atoms with Crippen molar-refractivity contribution in [2.45, 2.75) is 147 Å². The average Bonchev–Trinajstić information content (AvgIpc) is 3.25. The minimum atomic E-state index is -2.21. The molecule has 7 rings (SSSR count). The van der Waals surface area contributed by atoms with Gasteiger partial charge in [0.15, 0.2) is 11.7 Å². The summed E-state index contributed by atoms with van der Waals surface area (Å²) in [7, 11) is 0. The summed E-state index contributed by atoms with van der Waals surface area (Å²) < 4.78 is 30.5. The van der Waals surface area contributed by atoms with Crippen molar-refractivity contribution < 1.29 is 63.0 Å². The number of carbonyl (C=O) groups is 5. The van der Waals surface area contributed by atoms with Crippen molar-refractivity contribution in [3.63, 3.8) is 0 Å². The molecular weight excluding hydrogens is 837 g/mol. The molecule has 4 fully saturated rings. The lowest BCUT2D eigenvalue weighted by atomic mass is 9.43. The highest BCUT2D eigenvalue weighted by atomic mass is 16.6. The van der Waals surface area contributed by atoms with Gasteiger partial charge < -0.3 is 49.2 Å². The lowest BCUT2D eigenvalue weighted by molar-refractivity contribution is -0.345. The second-order valence-electron chi connectivity index (χ2n) is 20.4. The van der Waals surface area contributed by atoms with Gasteiger partial charge in [0.05, 0.1) is 35.6 Å². The standard InChI is InChI=1S/C50H66N2O13/c1-29-34(62-44(58)39(55)38(31-18-12-9-13-19-31)51-45(59)65-46(3,4)5)27-50(60)42(63-43(57)32-20-14-10-15-21-32)40-48(8,35(54)26-36-49(40,28-61-36)64-30(2)53)41(56)33(37(29)47(50,6)7)22-25-52-23-16-11-17-24-52/h9-10,12-15,18-21,33-36,38-40,42,54-55,60H,11,16-17,22-28H2,1-8H3,(H,51,59)/t33-,34+,35+,36-,38+,39-,40+,42+,48-,49+,50-/m1/s1. The first-order valence-corrected chi connectivity index (χ1v) is 22.9. The van der Waals surface area contributed by atoms with Crippen LogP contribution >= 0.6 is 0 Å². The van der Waals surface area contributed by atoms with Crippen LogP contribution in [-0.2, 0) is 38.1 Å². The number of amides is 1. The Hall–Kier alpha value is -4.67. The Morgan fingerprint density at radius 1 is 0.954 bits per heavy atom. The number of aliphatic hydroxyl groups excluding tert-OH is 2. The largest absolute Gasteiger partial charge is 0.456 e. The second kappa shape index (κ2) is 18.2. The maximum Gasteiger partial charge on any atom is 0.408 e. The third-order valence-electron chi connectivity index (χ3n) is 14.9. The molecule has 15 nitrogen and oxygen atoms in total. The molecule has 0 radical (unpaired) electrons. The van der Waals surface area contributed by atoms with Crippen molar-refractivity contribution in [3.05, 3.63) is 82.9 Å². The molecule has 2 aromatic carbocycles. The molecule has 2 aliphatic heterocycles. The Kier molecular flexibility index (Phi) is 13.5. The van der Waals surface area contributed by atoms with Gasteiger partial charge in [-0.2, -0.15) is 0 Å². The van der Waals surface area contributed by atoms with Crippen LogP contribution < -0.4 is 5.32 Å². The summed E-state index contributed by atoms with van der Waals surface area (Å²) in [6.45, 7) is 15.1. The van der Waals surface area contributed by atoms with Crippen LogP contribution in [0.15, 0.2) is 71.8 Å². The Bertz CT molecular complexity index is 2150. The third-order valence-corrected chi connectivity index (χ3v) is 14.9. The summed E-state index contributed by atoms with van der Waals surface area (Å²) in [5.74, 6) is -5.43. The number of nitrogens with zero attached hydrogens (tertiary/aromatic N) is 1. The van der Waals surface area contributed by atoms with E-state index in [4.69, 9.17) is 23.7 Å². The number of alkyl carbamates (subject to hydrolysis) is 1. The third kappa shape index (κ3) is 8.86. The van der Waals surface area contributed by atoms with Gasteiger partial charge in [-0.1, -0.05) is 68.8 Å². The molecule has 2 aromatic rings. The van der Waals surface area contributed by atoms with Crippen LogP contribution in [0.4, 0.5) is 4.79 Å². The number of rotatable bonds is 11. The van der Waals surface area contributed by atoms with Crippen LogP contribution in [0.1, 0.15) is 116 Å². The van der Waals surface area contributed by atoms with Gasteiger partial charge in [-0.3, -0.25) is 9.59 Å². The van der Waals surface area contributed by atoms with E-state index in [2.05, 4.69) is 10.2 Å². The first-order valence-electron chi connectivity index (χ1n) is 22.9. The van der Waals surface area contributed by atoms with Crippen LogP contribution in [0, 0.1) is 22.7 Å².